The van der Waals surface area contributed by atoms with Crippen molar-refractivity contribution in [2.45, 2.75) is 50.2 Å². The van der Waals surface area contributed by atoms with Gasteiger partial charge < -0.3 is 19.7 Å². The number of fused-ring (bicyclic) bond motifs is 2. The molecular weight excluding hydrogens is 562 g/mol. The van der Waals surface area contributed by atoms with E-state index in [1.54, 1.807) is 24.3 Å². The molecule has 4 nitrogen and oxygen atoms in total. The van der Waals surface area contributed by atoms with Gasteiger partial charge in [-0.25, -0.2) is 0 Å². The Morgan fingerprint density at radius 2 is 0.881 bits per heavy atom. The summed E-state index contributed by atoms with van der Waals surface area (Å²) < 4.78 is 86.9. The normalized spacial score (nSPS) is 18.0. The first-order chi connectivity index (χ1) is 19.9. The quantitative estimate of drug-likeness (QED) is 0.230. The maximum Gasteiger partial charge on any atom is 0.416 e. The Morgan fingerprint density at radius 1 is 0.524 bits per heavy atom. The molecule has 220 valence electrons. The third-order valence-electron chi connectivity index (χ3n) is 7.20. The lowest BCUT2D eigenvalue weighted by molar-refractivity contribution is -0.138. The molecule has 2 atom stereocenters. The highest BCUT2D eigenvalue weighted by molar-refractivity contribution is 5.43. The second kappa shape index (κ2) is 11.5. The highest BCUT2D eigenvalue weighted by atomic mass is 19.4. The number of phenols is 2. The smallest absolute Gasteiger partial charge is 0.416 e. The van der Waals surface area contributed by atoms with E-state index in [1.807, 2.05) is 0 Å². The summed E-state index contributed by atoms with van der Waals surface area (Å²) in [6.45, 7) is 0. The van der Waals surface area contributed by atoms with Crippen LogP contribution in [0.5, 0.6) is 23.0 Å². The molecule has 0 saturated carbocycles. The molecular formula is C32H26F6O4. The molecule has 0 bridgehead atoms. The molecule has 2 N–H and O–H groups in total. The first-order valence-corrected chi connectivity index (χ1v) is 13.2. The predicted molar refractivity (Wildman–Crippen MR) is 142 cm³/mol. The predicted octanol–water partition coefficient (Wildman–Crippen LogP) is 8.95. The Bertz CT molecular complexity index is 1410. The summed E-state index contributed by atoms with van der Waals surface area (Å²) >= 11 is 0. The zero-order valence-electron chi connectivity index (χ0n) is 22.0. The van der Waals surface area contributed by atoms with E-state index in [4.69, 9.17) is 9.47 Å². The highest BCUT2D eigenvalue weighted by Gasteiger charge is 2.32. The molecule has 0 amide bonds. The van der Waals surface area contributed by atoms with Crippen molar-refractivity contribution in [3.63, 3.8) is 0 Å². The number of ether oxygens (including phenoxy) is 2. The minimum atomic E-state index is -4.32. The van der Waals surface area contributed by atoms with E-state index in [0.29, 0.717) is 24.3 Å². The van der Waals surface area contributed by atoms with Crippen molar-refractivity contribution in [1.82, 2.24) is 0 Å². The maximum atomic E-state index is 12.5. The lowest BCUT2D eigenvalue weighted by atomic mass is 9.96. The number of phenolic OH excluding ortho intramolecular Hbond substituents is 2. The number of rotatable bonds is 2. The molecule has 2 heterocycles. The number of halogens is 6. The Kier molecular flexibility index (Phi) is 7.99. The topological polar surface area (TPSA) is 58.9 Å². The number of hydrogen-bond donors (Lipinski definition) is 2. The summed E-state index contributed by atoms with van der Waals surface area (Å²) in [4.78, 5) is 0. The molecule has 0 saturated heterocycles. The molecule has 0 spiro atoms. The van der Waals surface area contributed by atoms with Gasteiger partial charge in [-0.3, -0.25) is 0 Å². The first kappa shape index (κ1) is 29.2. The van der Waals surface area contributed by atoms with Gasteiger partial charge in [0.15, 0.2) is 0 Å². The summed E-state index contributed by atoms with van der Waals surface area (Å²) in [7, 11) is 0. The van der Waals surface area contributed by atoms with Crippen molar-refractivity contribution in [2.24, 2.45) is 0 Å². The minimum absolute atomic E-state index is 0.185. The van der Waals surface area contributed by atoms with Crippen LogP contribution in [0.3, 0.4) is 0 Å². The van der Waals surface area contributed by atoms with Crippen LogP contribution >= 0.6 is 0 Å². The van der Waals surface area contributed by atoms with Crippen molar-refractivity contribution < 1.29 is 46.0 Å². The van der Waals surface area contributed by atoms with Gasteiger partial charge in [0.25, 0.3) is 0 Å². The Labute approximate surface area is 237 Å². The zero-order valence-corrected chi connectivity index (χ0v) is 22.0. The third-order valence-corrected chi connectivity index (χ3v) is 7.20. The van der Waals surface area contributed by atoms with Crippen molar-refractivity contribution in [3.05, 3.63) is 118 Å². The van der Waals surface area contributed by atoms with Gasteiger partial charge in [-0.2, -0.15) is 26.3 Å². The fraction of sp³-hybridized carbons (Fsp3) is 0.250. The molecule has 6 rings (SSSR count). The van der Waals surface area contributed by atoms with Gasteiger partial charge in [0.05, 0.1) is 11.1 Å². The van der Waals surface area contributed by atoms with Crippen molar-refractivity contribution in [1.29, 1.82) is 0 Å². The van der Waals surface area contributed by atoms with Gasteiger partial charge in [-0.1, -0.05) is 24.3 Å². The average Bonchev–Trinajstić information content (AvgIpc) is 2.96. The highest BCUT2D eigenvalue weighted by Crippen LogP contribution is 2.39. The molecule has 4 aromatic carbocycles. The summed E-state index contributed by atoms with van der Waals surface area (Å²) in [5.41, 5.74) is 1.96. The number of aryl methyl sites for hydroxylation is 2. The summed E-state index contributed by atoms with van der Waals surface area (Å²) in [5.74, 6) is 1.71. The van der Waals surface area contributed by atoms with E-state index in [-0.39, 0.29) is 23.7 Å². The molecule has 0 fully saturated rings. The summed E-state index contributed by atoms with van der Waals surface area (Å²) in [5, 5.41) is 18.8. The van der Waals surface area contributed by atoms with Crippen LogP contribution < -0.4 is 9.47 Å². The van der Waals surface area contributed by atoms with Crippen LogP contribution in [0.2, 0.25) is 0 Å². The van der Waals surface area contributed by atoms with Crippen LogP contribution in [0.25, 0.3) is 0 Å². The number of alkyl halides is 6. The lowest BCUT2D eigenvalue weighted by Crippen LogP contribution is -2.15. The van der Waals surface area contributed by atoms with Crippen molar-refractivity contribution >= 4 is 0 Å². The standard InChI is InChI=1S/2C16H13F3O2/c2*17-16(18,19)12-4-1-10(2-5-12)14-7-3-11-9-13(20)6-8-15(11)21-14/h2*1-2,4-6,8-9,14,20H,3,7H2. The van der Waals surface area contributed by atoms with Crippen LogP contribution in [0.1, 0.15) is 58.4 Å². The van der Waals surface area contributed by atoms with Gasteiger partial charge >= 0.3 is 12.4 Å². The zero-order chi connectivity index (χ0) is 30.1. The van der Waals surface area contributed by atoms with Gasteiger partial charge in [-0.15, -0.1) is 0 Å². The Balaban J connectivity index is 0.000000168. The number of aromatic hydroxyl groups is 2. The lowest BCUT2D eigenvalue weighted by Gasteiger charge is -2.26. The van der Waals surface area contributed by atoms with E-state index >= 15 is 0 Å². The molecule has 0 aliphatic carbocycles. The molecule has 0 radical (unpaired) electrons. The number of hydrogen-bond acceptors (Lipinski definition) is 4. The molecule has 0 aromatic heterocycles. The van der Waals surface area contributed by atoms with Gasteiger partial charge in [-0.05, 0) is 109 Å². The largest absolute Gasteiger partial charge is 0.508 e. The third kappa shape index (κ3) is 6.75. The molecule has 4 aromatic rings. The van der Waals surface area contributed by atoms with Crippen LogP contribution in [-0.2, 0) is 25.2 Å². The van der Waals surface area contributed by atoms with E-state index in [2.05, 4.69) is 0 Å². The SMILES string of the molecule is Oc1ccc2c(c1)CCC(c1ccc(C(F)(F)F)cc1)O2.Oc1ccc2c(c1)CCC(c1ccc(C(F)(F)F)cc1)O2. The van der Waals surface area contributed by atoms with Crippen LogP contribution in [-0.4, -0.2) is 10.2 Å². The minimum Gasteiger partial charge on any atom is -0.508 e. The first-order valence-electron chi connectivity index (χ1n) is 13.2. The fourth-order valence-electron chi connectivity index (χ4n) is 4.99. The van der Waals surface area contributed by atoms with E-state index in [0.717, 1.165) is 59.4 Å². The average molecular weight is 589 g/mol. The summed E-state index contributed by atoms with van der Waals surface area (Å²) in [6.07, 6.45) is -6.39. The molecule has 2 aliphatic heterocycles. The molecule has 10 heteroatoms. The molecule has 2 aliphatic rings. The molecule has 42 heavy (non-hydrogen) atoms. The van der Waals surface area contributed by atoms with E-state index in [9.17, 15) is 36.6 Å². The van der Waals surface area contributed by atoms with Gasteiger partial charge in [0.2, 0.25) is 0 Å². The van der Waals surface area contributed by atoms with Crippen LogP contribution in [0.4, 0.5) is 26.3 Å². The van der Waals surface area contributed by atoms with Crippen molar-refractivity contribution in [2.75, 3.05) is 0 Å². The molecule has 2 unspecified atom stereocenters. The van der Waals surface area contributed by atoms with E-state index in [1.165, 1.54) is 36.4 Å². The summed E-state index contributed by atoms with van der Waals surface area (Å²) in [6, 6.07) is 19.9. The van der Waals surface area contributed by atoms with Crippen LogP contribution in [0.15, 0.2) is 84.9 Å². The fourth-order valence-corrected chi connectivity index (χ4v) is 4.99. The second-order valence-corrected chi connectivity index (χ2v) is 10.1. The Hall–Kier alpha value is -4.34. The second-order valence-electron chi connectivity index (χ2n) is 10.1. The van der Waals surface area contributed by atoms with Gasteiger partial charge in [0.1, 0.15) is 35.2 Å². The number of benzene rings is 4. The Morgan fingerprint density at radius 3 is 1.21 bits per heavy atom. The van der Waals surface area contributed by atoms with Crippen LogP contribution in [0, 0.1) is 0 Å². The van der Waals surface area contributed by atoms with Crippen molar-refractivity contribution in [3.8, 4) is 23.0 Å². The van der Waals surface area contributed by atoms with Gasteiger partial charge in [0, 0.05) is 0 Å². The maximum absolute atomic E-state index is 12.5. The monoisotopic (exact) mass is 588 g/mol. The van der Waals surface area contributed by atoms with E-state index < -0.39 is 23.5 Å².